The molecule has 0 radical (unpaired) electrons. The lowest BCUT2D eigenvalue weighted by Gasteiger charge is -2.20. The first kappa shape index (κ1) is 15.9. The van der Waals surface area contributed by atoms with Crippen LogP contribution in [0.4, 0.5) is 13.2 Å². The van der Waals surface area contributed by atoms with Crippen LogP contribution >= 0.6 is 11.6 Å². The zero-order valence-corrected chi connectivity index (χ0v) is 12.2. The summed E-state index contributed by atoms with van der Waals surface area (Å²) < 4.78 is 40.3. The van der Waals surface area contributed by atoms with Crippen LogP contribution in [0, 0.1) is 17.5 Å². The molecular weight excluding hydrogens is 299 g/mol. The van der Waals surface area contributed by atoms with Crippen LogP contribution in [-0.4, -0.2) is 6.54 Å². The average molecular weight is 314 g/mol. The van der Waals surface area contributed by atoms with Crippen molar-refractivity contribution in [3.63, 3.8) is 0 Å². The van der Waals surface area contributed by atoms with Gasteiger partial charge in [0.2, 0.25) is 0 Å². The van der Waals surface area contributed by atoms with Crippen molar-refractivity contribution in [3.05, 3.63) is 70.0 Å². The Labute approximate surface area is 126 Å². The van der Waals surface area contributed by atoms with Gasteiger partial charge in [0.1, 0.15) is 17.5 Å². The van der Waals surface area contributed by atoms with E-state index in [4.69, 9.17) is 11.6 Å². The Morgan fingerprint density at radius 1 is 1.05 bits per heavy atom. The van der Waals surface area contributed by atoms with E-state index in [0.717, 1.165) is 12.5 Å². The van der Waals surface area contributed by atoms with E-state index in [2.05, 4.69) is 5.32 Å². The van der Waals surface area contributed by atoms with Gasteiger partial charge < -0.3 is 5.32 Å². The fourth-order valence-corrected chi connectivity index (χ4v) is 2.31. The third-order valence-electron chi connectivity index (χ3n) is 3.15. The van der Waals surface area contributed by atoms with Crippen molar-refractivity contribution in [3.8, 4) is 0 Å². The summed E-state index contributed by atoms with van der Waals surface area (Å²) in [5.41, 5.74) is 0.924. The van der Waals surface area contributed by atoms with E-state index < -0.39 is 23.5 Å². The van der Waals surface area contributed by atoms with E-state index >= 15 is 0 Å². The maximum absolute atomic E-state index is 14.0. The Hall–Kier alpha value is -1.52. The van der Waals surface area contributed by atoms with Crippen LogP contribution < -0.4 is 5.32 Å². The summed E-state index contributed by atoms with van der Waals surface area (Å²) in [6.45, 7) is 2.61. The second-order valence-electron chi connectivity index (χ2n) is 4.73. The molecule has 2 aromatic carbocycles. The normalized spacial score (nSPS) is 12.4. The second kappa shape index (κ2) is 6.96. The van der Waals surface area contributed by atoms with Gasteiger partial charge in [0, 0.05) is 11.6 Å². The fraction of sp³-hybridized carbons (Fsp3) is 0.250. The quantitative estimate of drug-likeness (QED) is 0.832. The molecule has 0 aliphatic heterocycles. The minimum Gasteiger partial charge on any atom is -0.306 e. The number of benzene rings is 2. The van der Waals surface area contributed by atoms with Crippen LogP contribution in [0.2, 0.25) is 5.02 Å². The van der Waals surface area contributed by atoms with Gasteiger partial charge in [-0.2, -0.15) is 0 Å². The lowest BCUT2D eigenvalue weighted by Crippen LogP contribution is -2.24. The van der Waals surface area contributed by atoms with E-state index in [1.165, 1.54) is 30.3 Å². The smallest absolute Gasteiger partial charge is 0.141 e. The average Bonchev–Trinajstić information content (AvgIpc) is 2.44. The molecule has 0 spiro atoms. The molecule has 2 aromatic rings. The Morgan fingerprint density at radius 3 is 2.43 bits per heavy atom. The van der Waals surface area contributed by atoms with Crippen molar-refractivity contribution in [1.82, 2.24) is 5.32 Å². The molecule has 1 atom stereocenters. The maximum atomic E-state index is 14.0. The SMILES string of the molecule is CCCNC(c1ccc(F)c(Cl)c1)c1ccc(F)cc1F. The minimum atomic E-state index is -0.649. The molecule has 0 aliphatic carbocycles. The third kappa shape index (κ3) is 3.77. The number of nitrogens with one attached hydrogen (secondary N) is 1. The van der Waals surface area contributed by atoms with E-state index in [0.29, 0.717) is 17.7 Å². The van der Waals surface area contributed by atoms with Gasteiger partial charge in [-0.25, -0.2) is 13.2 Å². The molecule has 0 fully saturated rings. The second-order valence-corrected chi connectivity index (χ2v) is 5.13. The monoisotopic (exact) mass is 313 g/mol. The Morgan fingerprint density at radius 2 is 1.81 bits per heavy atom. The summed E-state index contributed by atoms with van der Waals surface area (Å²) >= 11 is 5.79. The van der Waals surface area contributed by atoms with E-state index in [1.807, 2.05) is 6.92 Å². The molecule has 0 amide bonds. The van der Waals surface area contributed by atoms with Crippen LogP contribution in [0.5, 0.6) is 0 Å². The van der Waals surface area contributed by atoms with Gasteiger partial charge in [-0.1, -0.05) is 30.7 Å². The highest BCUT2D eigenvalue weighted by molar-refractivity contribution is 6.30. The summed E-state index contributed by atoms with van der Waals surface area (Å²) in [5.74, 6) is -1.82. The van der Waals surface area contributed by atoms with Crippen LogP contribution in [0.15, 0.2) is 36.4 Å². The maximum Gasteiger partial charge on any atom is 0.141 e. The Balaban J connectivity index is 2.44. The third-order valence-corrected chi connectivity index (χ3v) is 3.44. The molecule has 2 rings (SSSR count). The number of rotatable bonds is 5. The zero-order valence-electron chi connectivity index (χ0n) is 11.5. The highest BCUT2D eigenvalue weighted by atomic mass is 35.5. The van der Waals surface area contributed by atoms with Gasteiger partial charge in [0.15, 0.2) is 0 Å². The van der Waals surface area contributed by atoms with Gasteiger partial charge >= 0.3 is 0 Å². The first-order valence-corrected chi connectivity index (χ1v) is 7.04. The van der Waals surface area contributed by atoms with Crippen molar-refractivity contribution in [1.29, 1.82) is 0 Å². The molecule has 112 valence electrons. The number of hydrogen-bond donors (Lipinski definition) is 1. The van der Waals surface area contributed by atoms with E-state index in [-0.39, 0.29) is 5.02 Å². The number of hydrogen-bond acceptors (Lipinski definition) is 1. The van der Waals surface area contributed by atoms with Gasteiger partial charge in [0.25, 0.3) is 0 Å². The van der Waals surface area contributed by atoms with Gasteiger partial charge in [-0.15, -0.1) is 0 Å². The van der Waals surface area contributed by atoms with Crippen molar-refractivity contribution in [2.24, 2.45) is 0 Å². The topological polar surface area (TPSA) is 12.0 Å². The molecule has 0 bridgehead atoms. The molecular formula is C16H15ClF3N. The fourth-order valence-electron chi connectivity index (χ4n) is 2.12. The Bertz CT molecular complexity index is 631. The van der Waals surface area contributed by atoms with Crippen molar-refractivity contribution < 1.29 is 13.2 Å². The molecule has 1 nitrogen and oxygen atoms in total. The number of halogens is 4. The minimum absolute atomic E-state index is 0.0293. The molecule has 0 aromatic heterocycles. The summed E-state index contributed by atoms with van der Waals surface area (Å²) in [6.07, 6.45) is 0.842. The summed E-state index contributed by atoms with van der Waals surface area (Å²) in [4.78, 5) is 0. The molecule has 5 heteroatoms. The van der Waals surface area contributed by atoms with E-state index in [1.54, 1.807) is 0 Å². The summed E-state index contributed by atoms with van der Waals surface area (Å²) in [5, 5.41) is 3.14. The zero-order chi connectivity index (χ0) is 15.4. The highest BCUT2D eigenvalue weighted by Gasteiger charge is 2.18. The lowest BCUT2D eigenvalue weighted by atomic mass is 9.98. The standard InChI is InChI=1S/C16H15ClF3N/c1-2-7-21-16(10-3-6-14(19)13(17)8-10)12-5-4-11(18)9-15(12)20/h3-6,8-9,16,21H,2,7H2,1H3. The molecule has 21 heavy (non-hydrogen) atoms. The van der Waals surface area contributed by atoms with Crippen LogP contribution in [0.25, 0.3) is 0 Å². The van der Waals surface area contributed by atoms with Gasteiger partial charge in [-0.05, 0) is 36.7 Å². The molecule has 1 N–H and O–H groups in total. The van der Waals surface area contributed by atoms with Crippen molar-refractivity contribution in [2.75, 3.05) is 6.54 Å². The highest BCUT2D eigenvalue weighted by Crippen LogP contribution is 2.28. The lowest BCUT2D eigenvalue weighted by molar-refractivity contribution is 0.532. The molecule has 0 aliphatic rings. The largest absolute Gasteiger partial charge is 0.306 e. The Kier molecular flexibility index (Phi) is 5.26. The molecule has 0 heterocycles. The van der Waals surface area contributed by atoms with Crippen molar-refractivity contribution >= 4 is 11.6 Å². The van der Waals surface area contributed by atoms with Gasteiger partial charge in [0.05, 0.1) is 11.1 Å². The van der Waals surface area contributed by atoms with Crippen LogP contribution in [-0.2, 0) is 0 Å². The first-order chi connectivity index (χ1) is 10.0. The van der Waals surface area contributed by atoms with Crippen molar-refractivity contribution in [2.45, 2.75) is 19.4 Å². The van der Waals surface area contributed by atoms with Crippen LogP contribution in [0.1, 0.15) is 30.5 Å². The predicted molar refractivity (Wildman–Crippen MR) is 77.9 cm³/mol. The van der Waals surface area contributed by atoms with Gasteiger partial charge in [-0.3, -0.25) is 0 Å². The van der Waals surface area contributed by atoms with Crippen LogP contribution in [0.3, 0.4) is 0 Å². The summed E-state index contributed by atoms with van der Waals surface area (Å²) in [6, 6.07) is 7.13. The first-order valence-electron chi connectivity index (χ1n) is 6.66. The van der Waals surface area contributed by atoms with E-state index in [9.17, 15) is 13.2 Å². The molecule has 1 unspecified atom stereocenters. The predicted octanol–water partition coefficient (Wildman–Crippen LogP) is 4.85. The molecule has 0 saturated carbocycles. The molecule has 0 saturated heterocycles. The summed E-state index contributed by atoms with van der Waals surface area (Å²) in [7, 11) is 0.